The van der Waals surface area contributed by atoms with Crippen LogP contribution in [0.25, 0.3) is 0 Å². The average Bonchev–Trinajstić information content (AvgIpc) is 2.27. The van der Waals surface area contributed by atoms with Crippen LogP contribution in [0.3, 0.4) is 0 Å². The zero-order valence-corrected chi connectivity index (χ0v) is 10.1. The number of rotatable bonds is 4. The maximum Gasteiger partial charge on any atom is 0.390 e. The number of aryl methyl sites for hydroxylation is 1. The molecule has 0 aliphatic carbocycles. The molecule has 1 rings (SSSR count). The van der Waals surface area contributed by atoms with Crippen LogP contribution in [0.2, 0.25) is 0 Å². The molecule has 0 aliphatic rings. The van der Waals surface area contributed by atoms with Crippen LogP contribution in [0.4, 0.5) is 18.9 Å². The molecule has 6 heteroatoms. The number of nitrogens with two attached hydrogens (primary N) is 1. The van der Waals surface area contributed by atoms with Crippen molar-refractivity contribution < 1.29 is 13.2 Å². The molecule has 0 amide bonds. The van der Waals surface area contributed by atoms with Gasteiger partial charge in [-0.05, 0) is 24.1 Å². The molecule has 1 aromatic rings. The van der Waals surface area contributed by atoms with Crippen molar-refractivity contribution in [2.45, 2.75) is 25.9 Å². The van der Waals surface area contributed by atoms with Crippen LogP contribution >= 0.6 is 0 Å². The highest BCUT2D eigenvalue weighted by molar-refractivity contribution is 5.92. The summed E-state index contributed by atoms with van der Waals surface area (Å²) < 4.78 is 35.7. The Hall–Kier alpha value is -1.72. The van der Waals surface area contributed by atoms with Crippen molar-refractivity contribution in [2.75, 3.05) is 11.9 Å². The van der Waals surface area contributed by atoms with Crippen LogP contribution < -0.4 is 11.1 Å². The molecule has 100 valence electrons. The molecule has 0 unspecified atom stereocenters. The maximum absolute atomic E-state index is 11.9. The van der Waals surface area contributed by atoms with Crippen LogP contribution in [-0.2, 0) is 6.42 Å². The molecule has 0 saturated heterocycles. The summed E-state index contributed by atoms with van der Waals surface area (Å²) in [4.78, 5) is 3.62. The number of guanidine groups is 1. The van der Waals surface area contributed by atoms with E-state index in [1.165, 1.54) is 0 Å². The molecule has 0 heterocycles. The molecule has 1 aromatic carbocycles. The molecule has 0 saturated carbocycles. The summed E-state index contributed by atoms with van der Waals surface area (Å²) in [5.74, 6) is -0.00694. The fourth-order valence-corrected chi connectivity index (χ4v) is 1.36. The predicted octanol–water partition coefficient (Wildman–Crippen LogP) is 2.93. The van der Waals surface area contributed by atoms with Gasteiger partial charge in [0.2, 0.25) is 0 Å². The topological polar surface area (TPSA) is 50.4 Å². The summed E-state index contributed by atoms with van der Waals surface area (Å²) in [5.41, 5.74) is 7.34. The third kappa shape index (κ3) is 5.56. The van der Waals surface area contributed by atoms with Crippen molar-refractivity contribution >= 4 is 11.6 Å². The molecular formula is C12H16F3N3. The van der Waals surface area contributed by atoms with Gasteiger partial charge >= 0.3 is 6.18 Å². The summed E-state index contributed by atoms with van der Waals surface area (Å²) in [6.07, 6.45) is -4.29. The number of nitrogens with zero attached hydrogens (tertiary/aromatic N) is 1. The number of halogens is 3. The molecule has 18 heavy (non-hydrogen) atoms. The van der Waals surface area contributed by atoms with Crippen molar-refractivity contribution in [1.29, 1.82) is 0 Å². The molecule has 0 aliphatic heterocycles. The first kappa shape index (κ1) is 14.3. The van der Waals surface area contributed by atoms with Gasteiger partial charge in [0.15, 0.2) is 5.96 Å². The van der Waals surface area contributed by atoms with Crippen molar-refractivity contribution in [3.8, 4) is 0 Å². The summed E-state index contributed by atoms with van der Waals surface area (Å²) in [6.45, 7) is 1.65. The zero-order valence-electron chi connectivity index (χ0n) is 10.1. The van der Waals surface area contributed by atoms with Crippen molar-refractivity contribution in [1.82, 2.24) is 0 Å². The Balaban J connectivity index is 2.52. The van der Waals surface area contributed by atoms with E-state index in [4.69, 9.17) is 5.73 Å². The van der Waals surface area contributed by atoms with E-state index in [1.54, 1.807) is 6.07 Å². The standard InChI is InChI=1S/C12H16F3N3/c1-2-9-4-3-5-10(8-9)18-11(16)17-7-6-12(13,14)15/h3-5,8H,2,6-7H2,1H3,(H3,16,17,18). The zero-order chi connectivity index (χ0) is 13.6. The van der Waals surface area contributed by atoms with Gasteiger partial charge in [-0.3, -0.25) is 4.99 Å². The monoisotopic (exact) mass is 259 g/mol. The Kier molecular flexibility index (Phi) is 5.00. The summed E-state index contributed by atoms with van der Waals surface area (Å²) >= 11 is 0. The highest BCUT2D eigenvalue weighted by atomic mass is 19.4. The molecule has 0 fully saturated rings. The number of anilines is 1. The van der Waals surface area contributed by atoms with Gasteiger partial charge in [0.1, 0.15) is 0 Å². The summed E-state index contributed by atoms with van der Waals surface area (Å²) in [7, 11) is 0. The highest BCUT2D eigenvalue weighted by Crippen LogP contribution is 2.19. The molecule has 0 atom stereocenters. The molecule has 3 N–H and O–H groups in total. The first-order valence-electron chi connectivity index (χ1n) is 5.63. The first-order chi connectivity index (χ1) is 8.40. The number of aliphatic imine (C=N–C) groups is 1. The van der Waals surface area contributed by atoms with E-state index in [2.05, 4.69) is 10.3 Å². The van der Waals surface area contributed by atoms with Gasteiger partial charge in [-0.1, -0.05) is 19.1 Å². The first-order valence-corrected chi connectivity index (χ1v) is 5.63. The Morgan fingerprint density at radius 2 is 2.11 bits per heavy atom. The minimum atomic E-state index is -4.20. The second-order valence-electron chi connectivity index (χ2n) is 3.81. The Morgan fingerprint density at radius 1 is 1.39 bits per heavy atom. The minimum Gasteiger partial charge on any atom is -0.370 e. The maximum atomic E-state index is 11.9. The average molecular weight is 259 g/mol. The lowest BCUT2D eigenvalue weighted by atomic mass is 10.1. The van der Waals surface area contributed by atoms with E-state index in [1.807, 2.05) is 25.1 Å². The van der Waals surface area contributed by atoms with Gasteiger partial charge in [-0.25, -0.2) is 0 Å². The normalized spacial score (nSPS) is 12.6. The molecule has 3 nitrogen and oxygen atoms in total. The minimum absolute atomic E-state index is 0.00694. The van der Waals surface area contributed by atoms with Crippen LogP contribution in [0, 0.1) is 0 Å². The van der Waals surface area contributed by atoms with E-state index in [-0.39, 0.29) is 12.5 Å². The Labute approximate surface area is 104 Å². The summed E-state index contributed by atoms with van der Waals surface area (Å²) in [5, 5.41) is 2.76. The number of nitrogens with one attached hydrogen (secondary N) is 1. The van der Waals surface area contributed by atoms with Gasteiger partial charge in [0, 0.05) is 5.69 Å². The van der Waals surface area contributed by atoms with Gasteiger partial charge in [0.25, 0.3) is 0 Å². The van der Waals surface area contributed by atoms with Gasteiger partial charge < -0.3 is 11.1 Å². The number of hydrogen-bond donors (Lipinski definition) is 2. The number of benzene rings is 1. The smallest absolute Gasteiger partial charge is 0.370 e. The molecule has 0 spiro atoms. The van der Waals surface area contributed by atoms with Crippen molar-refractivity contribution in [2.24, 2.45) is 10.7 Å². The molecular weight excluding hydrogens is 243 g/mol. The lowest BCUT2D eigenvalue weighted by Crippen LogP contribution is -2.23. The lowest BCUT2D eigenvalue weighted by molar-refractivity contribution is -0.132. The van der Waals surface area contributed by atoms with Gasteiger partial charge in [-0.2, -0.15) is 13.2 Å². The van der Waals surface area contributed by atoms with Crippen molar-refractivity contribution in [3.05, 3.63) is 29.8 Å². The van der Waals surface area contributed by atoms with E-state index in [0.29, 0.717) is 0 Å². The molecule has 0 aromatic heterocycles. The van der Waals surface area contributed by atoms with Gasteiger partial charge in [0.05, 0.1) is 13.0 Å². The number of alkyl halides is 3. The van der Waals surface area contributed by atoms with E-state index in [9.17, 15) is 13.2 Å². The largest absolute Gasteiger partial charge is 0.390 e. The Morgan fingerprint density at radius 3 is 2.72 bits per heavy atom. The SMILES string of the molecule is CCc1cccc(NC(N)=NCCC(F)(F)F)c1. The van der Waals surface area contributed by atoms with Crippen LogP contribution in [-0.4, -0.2) is 18.7 Å². The quantitative estimate of drug-likeness (QED) is 0.645. The Bertz CT molecular complexity index is 413. The highest BCUT2D eigenvalue weighted by Gasteiger charge is 2.26. The second kappa shape index (κ2) is 6.28. The van der Waals surface area contributed by atoms with Crippen LogP contribution in [0.5, 0.6) is 0 Å². The predicted molar refractivity (Wildman–Crippen MR) is 66.6 cm³/mol. The van der Waals surface area contributed by atoms with E-state index in [0.717, 1.165) is 17.7 Å². The third-order valence-corrected chi connectivity index (χ3v) is 2.29. The third-order valence-electron chi connectivity index (χ3n) is 2.29. The van der Waals surface area contributed by atoms with E-state index < -0.39 is 12.6 Å². The fourth-order valence-electron chi connectivity index (χ4n) is 1.36. The molecule has 0 radical (unpaired) electrons. The number of hydrogen-bond acceptors (Lipinski definition) is 1. The van der Waals surface area contributed by atoms with Crippen LogP contribution in [0.15, 0.2) is 29.3 Å². The van der Waals surface area contributed by atoms with E-state index >= 15 is 0 Å². The summed E-state index contributed by atoms with van der Waals surface area (Å²) in [6, 6.07) is 7.48. The van der Waals surface area contributed by atoms with Gasteiger partial charge in [-0.15, -0.1) is 0 Å². The fraction of sp³-hybridized carbons (Fsp3) is 0.417. The molecule has 0 bridgehead atoms. The lowest BCUT2D eigenvalue weighted by Gasteiger charge is -2.07. The van der Waals surface area contributed by atoms with Crippen LogP contribution in [0.1, 0.15) is 18.9 Å². The van der Waals surface area contributed by atoms with Crippen molar-refractivity contribution in [3.63, 3.8) is 0 Å². The second-order valence-corrected chi connectivity index (χ2v) is 3.81.